The maximum absolute atomic E-state index is 12.7. The summed E-state index contributed by atoms with van der Waals surface area (Å²) in [5.41, 5.74) is 3.22. The summed E-state index contributed by atoms with van der Waals surface area (Å²) < 4.78 is 0. The highest BCUT2D eigenvalue weighted by Crippen LogP contribution is 2.22. The van der Waals surface area contributed by atoms with Crippen LogP contribution in [0.15, 0.2) is 54.6 Å². The fourth-order valence-corrected chi connectivity index (χ4v) is 3.37. The van der Waals surface area contributed by atoms with Gasteiger partial charge < -0.3 is 15.1 Å². The number of anilines is 2. The molecular formula is C22H29N3O. The van der Waals surface area contributed by atoms with Crippen molar-refractivity contribution in [2.45, 2.75) is 45.7 Å². The highest BCUT2D eigenvalue weighted by atomic mass is 16.2. The average Bonchev–Trinajstić information content (AvgIpc) is 2.68. The molecule has 0 aromatic heterocycles. The zero-order valence-corrected chi connectivity index (χ0v) is 15.8. The Balaban J connectivity index is 1.63. The molecule has 138 valence electrons. The van der Waals surface area contributed by atoms with Crippen molar-refractivity contribution in [3.05, 3.63) is 60.2 Å². The molecule has 2 amide bonds. The fourth-order valence-electron chi connectivity index (χ4n) is 3.37. The molecule has 26 heavy (non-hydrogen) atoms. The van der Waals surface area contributed by atoms with Gasteiger partial charge in [-0.25, -0.2) is 4.79 Å². The maximum Gasteiger partial charge on any atom is 0.322 e. The van der Waals surface area contributed by atoms with Crippen LogP contribution in [0.4, 0.5) is 16.2 Å². The third-order valence-electron chi connectivity index (χ3n) is 4.92. The van der Waals surface area contributed by atoms with Gasteiger partial charge in [0.05, 0.1) is 0 Å². The van der Waals surface area contributed by atoms with Crippen LogP contribution in [-0.2, 0) is 6.54 Å². The molecule has 0 bridgehead atoms. The van der Waals surface area contributed by atoms with Crippen molar-refractivity contribution in [2.75, 3.05) is 23.3 Å². The third-order valence-corrected chi connectivity index (χ3v) is 4.92. The van der Waals surface area contributed by atoms with E-state index < -0.39 is 0 Å². The van der Waals surface area contributed by atoms with E-state index in [1.54, 1.807) is 0 Å². The molecule has 1 fully saturated rings. The Morgan fingerprint density at radius 1 is 1.00 bits per heavy atom. The molecule has 1 saturated heterocycles. The van der Waals surface area contributed by atoms with Crippen molar-refractivity contribution in [2.24, 2.45) is 0 Å². The van der Waals surface area contributed by atoms with Gasteiger partial charge in [0, 0.05) is 37.1 Å². The number of carbonyl (C=O) groups excluding carboxylic acids is 1. The second-order valence-corrected chi connectivity index (χ2v) is 7.23. The molecule has 0 spiro atoms. The fraction of sp³-hybridized carbons (Fsp3) is 0.409. The van der Waals surface area contributed by atoms with Gasteiger partial charge in [0.15, 0.2) is 0 Å². The Kier molecular flexibility index (Phi) is 6.16. The number of amides is 2. The van der Waals surface area contributed by atoms with E-state index in [0.29, 0.717) is 6.54 Å². The minimum Gasteiger partial charge on any atom is -0.372 e. The van der Waals surface area contributed by atoms with E-state index in [-0.39, 0.29) is 12.1 Å². The third kappa shape index (κ3) is 4.78. The Hall–Kier alpha value is -2.49. The van der Waals surface area contributed by atoms with Crippen molar-refractivity contribution in [3.63, 3.8) is 0 Å². The number of carbonyl (C=O) groups is 1. The van der Waals surface area contributed by atoms with Crippen molar-refractivity contribution in [3.8, 4) is 0 Å². The Bertz CT molecular complexity index is 691. The van der Waals surface area contributed by atoms with Crippen LogP contribution in [0.5, 0.6) is 0 Å². The standard InChI is InChI=1S/C22H29N3O/c1-18(2)25(17-19-9-5-3-6-10-19)22(26)23-20-11-13-21(14-12-20)24-15-7-4-8-16-24/h3,5-6,9-14,18H,4,7-8,15-17H2,1-2H3,(H,23,26). The molecule has 0 aliphatic carbocycles. The van der Waals surface area contributed by atoms with E-state index in [1.807, 2.05) is 49.1 Å². The largest absolute Gasteiger partial charge is 0.372 e. The quantitative estimate of drug-likeness (QED) is 0.811. The number of urea groups is 1. The molecule has 0 atom stereocenters. The minimum atomic E-state index is -0.0606. The lowest BCUT2D eigenvalue weighted by Gasteiger charge is -2.29. The van der Waals surface area contributed by atoms with E-state index in [1.165, 1.54) is 24.9 Å². The highest BCUT2D eigenvalue weighted by Gasteiger charge is 2.18. The summed E-state index contributed by atoms with van der Waals surface area (Å²) in [7, 11) is 0. The first kappa shape index (κ1) is 18.3. The predicted molar refractivity (Wildman–Crippen MR) is 109 cm³/mol. The smallest absolute Gasteiger partial charge is 0.322 e. The number of nitrogens with one attached hydrogen (secondary N) is 1. The summed E-state index contributed by atoms with van der Waals surface area (Å²) in [5, 5.41) is 3.04. The molecule has 4 heteroatoms. The number of hydrogen-bond donors (Lipinski definition) is 1. The van der Waals surface area contributed by atoms with Crippen LogP contribution in [-0.4, -0.2) is 30.1 Å². The number of nitrogens with zero attached hydrogens (tertiary/aromatic N) is 2. The summed E-state index contributed by atoms with van der Waals surface area (Å²) >= 11 is 0. The highest BCUT2D eigenvalue weighted by molar-refractivity contribution is 5.89. The second kappa shape index (κ2) is 8.75. The van der Waals surface area contributed by atoms with Gasteiger partial charge in [-0.15, -0.1) is 0 Å². The molecule has 3 rings (SSSR count). The van der Waals surface area contributed by atoms with Crippen LogP contribution in [0.1, 0.15) is 38.7 Å². The van der Waals surface area contributed by atoms with Crippen LogP contribution in [0.25, 0.3) is 0 Å². The van der Waals surface area contributed by atoms with Gasteiger partial charge in [0.1, 0.15) is 0 Å². The molecule has 1 aliphatic rings. The van der Waals surface area contributed by atoms with Gasteiger partial charge >= 0.3 is 6.03 Å². The summed E-state index contributed by atoms with van der Waals surface area (Å²) in [6, 6.07) is 18.4. The van der Waals surface area contributed by atoms with Crippen LogP contribution in [0.2, 0.25) is 0 Å². The first-order chi connectivity index (χ1) is 12.6. The lowest BCUT2D eigenvalue weighted by molar-refractivity contribution is 0.193. The summed E-state index contributed by atoms with van der Waals surface area (Å²) in [6.45, 7) is 6.95. The summed E-state index contributed by atoms with van der Waals surface area (Å²) in [5.74, 6) is 0. The van der Waals surface area contributed by atoms with Crippen molar-refractivity contribution < 1.29 is 4.79 Å². The average molecular weight is 351 g/mol. The second-order valence-electron chi connectivity index (χ2n) is 7.23. The molecule has 0 saturated carbocycles. The maximum atomic E-state index is 12.7. The van der Waals surface area contributed by atoms with E-state index in [9.17, 15) is 4.79 Å². The zero-order chi connectivity index (χ0) is 18.4. The zero-order valence-electron chi connectivity index (χ0n) is 15.8. The number of hydrogen-bond acceptors (Lipinski definition) is 2. The van der Waals surface area contributed by atoms with Gasteiger partial charge in [-0.3, -0.25) is 0 Å². The van der Waals surface area contributed by atoms with Crippen LogP contribution >= 0.6 is 0 Å². The lowest BCUT2D eigenvalue weighted by atomic mass is 10.1. The van der Waals surface area contributed by atoms with Gasteiger partial charge in [-0.2, -0.15) is 0 Å². The molecule has 1 aliphatic heterocycles. The summed E-state index contributed by atoms with van der Waals surface area (Å²) in [6.07, 6.45) is 3.86. The topological polar surface area (TPSA) is 35.6 Å². The van der Waals surface area contributed by atoms with Crippen molar-refractivity contribution >= 4 is 17.4 Å². The molecular weight excluding hydrogens is 322 g/mol. The number of piperidine rings is 1. The van der Waals surface area contributed by atoms with Gasteiger partial charge in [-0.1, -0.05) is 30.3 Å². The number of rotatable bonds is 5. The summed E-state index contributed by atoms with van der Waals surface area (Å²) in [4.78, 5) is 17.0. The first-order valence-electron chi connectivity index (χ1n) is 9.60. The molecule has 0 radical (unpaired) electrons. The van der Waals surface area contributed by atoms with Crippen LogP contribution < -0.4 is 10.2 Å². The molecule has 1 N–H and O–H groups in total. The Morgan fingerprint density at radius 2 is 1.65 bits per heavy atom. The van der Waals surface area contributed by atoms with Gasteiger partial charge in [-0.05, 0) is 62.9 Å². The molecule has 2 aromatic rings. The molecule has 1 heterocycles. The normalized spacial score (nSPS) is 14.3. The van der Waals surface area contributed by atoms with Gasteiger partial charge in [0.2, 0.25) is 0 Å². The monoisotopic (exact) mass is 351 g/mol. The van der Waals surface area contributed by atoms with Gasteiger partial charge in [0.25, 0.3) is 0 Å². The molecule has 4 nitrogen and oxygen atoms in total. The lowest BCUT2D eigenvalue weighted by Crippen LogP contribution is -2.39. The SMILES string of the molecule is CC(C)N(Cc1ccccc1)C(=O)Nc1ccc(N2CCCCC2)cc1. The first-order valence-corrected chi connectivity index (χ1v) is 9.60. The minimum absolute atomic E-state index is 0.0606. The van der Waals surface area contributed by atoms with E-state index >= 15 is 0 Å². The molecule has 0 unspecified atom stereocenters. The van der Waals surface area contributed by atoms with E-state index in [2.05, 4.69) is 34.5 Å². The van der Waals surface area contributed by atoms with Crippen molar-refractivity contribution in [1.82, 2.24) is 4.90 Å². The predicted octanol–water partition coefficient (Wildman–Crippen LogP) is 5.12. The Morgan fingerprint density at radius 3 is 2.27 bits per heavy atom. The molecule has 2 aromatic carbocycles. The number of benzene rings is 2. The Labute approximate surface area is 156 Å². The van der Waals surface area contributed by atoms with E-state index in [0.717, 1.165) is 24.3 Å². The van der Waals surface area contributed by atoms with Crippen molar-refractivity contribution in [1.29, 1.82) is 0 Å². The van der Waals surface area contributed by atoms with Crippen LogP contribution in [0.3, 0.4) is 0 Å². The van der Waals surface area contributed by atoms with E-state index in [4.69, 9.17) is 0 Å². The van der Waals surface area contributed by atoms with Crippen LogP contribution in [0, 0.1) is 0 Å².